The summed E-state index contributed by atoms with van der Waals surface area (Å²) in [4.78, 5) is 0. The van der Waals surface area contributed by atoms with E-state index >= 15 is 0 Å². The van der Waals surface area contributed by atoms with Crippen LogP contribution in [-0.2, 0) is 0 Å². The van der Waals surface area contributed by atoms with Crippen LogP contribution in [-0.4, -0.2) is 5.11 Å². The maximum absolute atomic E-state index is 9.74. The highest BCUT2D eigenvalue weighted by molar-refractivity contribution is 5.80. The summed E-state index contributed by atoms with van der Waals surface area (Å²) in [5, 5.41) is 9.74. The van der Waals surface area contributed by atoms with Crippen molar-refractivity contribution in [2.45, 2.75) is 6.92 Å². The SMILES string of the molecule is C=C(c1ccc(C)cc1)c1ccccc1O. The van der Waals surface area contributed by atoms with E-state index < -0.39 is 0 Å². The molecule has 2 aromatic carbocycles. The molecule has 16 heavy (non-hydrogen) atoms. The molecule has 1 heteroatoms. The molecule has 80 valence electrons. The highest BCUT2D eigenvalue weighted by Gasteiger charge is 2.05. The lowest BCUT2D eigenvalue weighted by molar-refractivity contribution is 0.473. The number of hydrogen-bond donors (Lipinski definition) is 1. The van der Waals surface area contributed by atoms with Gasteiger partial charge in [-0.3, -0.25) is 0 Å². The van der Waals surface area contributed by atoms with Gasteiger partial charge in [-0.2, -0.15) is 0 Å². The van der Waals surface area contributed by atoms with Crippen molar-refractivity contribution in [3.05, 3.63) is 71.8 Å². The average Bonchev–Trinajstić information content (AvgIpc) is 2.30. The molecule has 0 saturated heterocycles. The summed E-state index contributed by atoms with van der Waals surface area (Å²) in [6.45, 7) is 6.07. The van der Waals surface area contributed by atoms with Crippen LogP contribution in [0.15, 0.2) is 55.1 Å². The first-order chi connectivity index (χ1) is 7.68. The van der Waals surface area contributed by atoms with Gasteiger partial charge in [0.1, 0.15) is 5.75 Å². The van der Waals surface area contributed by atoms with E-state index in [1.807, 2.05) is 43.3 Å². The largest absolute Gasteiger partial charge is 0.507 e. The fourth-order valence-electron chi connectivity index (χ4n) is 1.64. The van der Waals surface area contributed by atoms with E-state index in [2.05, 4.69) is 6.58 Å². The number of rotatable bonds is 2. The smallest absolute Gasteiger partial charge is 0.123 e. The molecule has 0 heterocycles. The van der Waals surface area contributed by atoms with Crippen molar-refractivity contribution in [2.75, 3.05) is 0 Å². The van der Waals surface area contributed by atoms with Crippen LogP contribution in [0.25, 0.3) is 5.57 Å². The van der Waals surface area contributed by atoms with Gasteiger partial charge in [0.2, 0.25) is 0 Å². The number of aryl methyl sites for hydroxylation is 1. The minimum absolute atomic E-state index is 0.271. The minimum Gasteiger partial charge on any atom is -0.507 e. The second-order valence-electron chi connectivity index (χ2n) is 3.86. The molecule has 0 spiro atoms. The Labute approximate surface area is 95.7 Å². The lowest BCUT2D eigenvalue weighted by atomic mass is 9.98. The maximum atomic E-state index is 9.74. The molecule has 2 rings (SSSR count). The van der Waals surface area contributed by atoms with Crippen molar-refractivity contribution < 1.29 is 5.11 Å². The minimum atomic E-state index is 0.271. The number of hydrogen-bond acceptors (Lipinski definition) is 1. The van der Waals surface area contributed by atoms with Crippen LogP contribution in [0.4, 0.5) is 0 Å². The van der Waals surface area contributed by atoms with Gasteiger partial charge in [-0.25, -0.2) is 0 Å². The van der Waals surface area contributed by atoms with Crippen LogP contribution in [0.3, 0.4) is 0 Å². The van der Waals surface area contributed by atoms with Crippen molar-refractivity contribution in [1.82, 2.24) is 0 Å². The first-order valence-electron chi connectivity index (χ1n) is 5.23. The third kappa shape index (κ3) is 1.98. The summed E-state index contributed by atoms with van der Waals surface area (Å²) in [6, 6.07) is 15.4. The van der Waals surface area contributed by atoms with E-state index in [0.717, 1.165) is 16.7 Å². The topological polar surface area (TPSA) is 20.2 Å². The van der Waals surface area contributed by atoms with E-state index in [1.165, 1.54) is 5.56 Å². The summed E-state index contributed by atoms with van der Waals surface area (Å²) in [5.74, 6) is 0.271. The highest BCUT2D eigenvalue weighted by atomic mass is 16.3. The fraction of sp³-hybridized carbons (Fsp3) is 0.0667. The Morgan fingerprint density at radius 3 is 2.25 bits per heavy atom. The van der Waals surface area contributed by atoms with Gasteiger partial charge in [0.25, 0.3) is 0 Å². The van der Waals surface area contributed by atoms with Crippen LogP contribution >= 0.6 is 0 Å². The van der Waals surface area contributed by atoms with Crippen LogP contribution in [0, 0.1) is 6.92 Å². The molecule has 0 unspecified atom stereocenters. The summed E-state index contributed by atoms with van der Waals surface area (Å²) >= 11 is 0. The van der Waals surface area contributed by atoms with Gasteiger partial charge < -0.3 is 5.11 Å². The Morgan fingerprint density at radius 2 is 1.62 bits per heavy atom. The molecule has 0 aliphatic carbocycles. The molecule has 0 bridgehead atoms. The van der Waals surface area contributed by atoms with Crippen LogP contribution in [0.1, 0.15) is 16.7 Å². The van der Waals surface area contributed by atoms with Gasteiger partial charge >= 0.3 is 0 Å². The second-order valence-corrected chi connectivity index (χ2v) is 3.86. The van der Waals surface area contributed by atoms with E-state index in [1.54, 1.807) is 12.1 Å². The normalized spacial score (nSPS) is 10.1. The van der Waals surface area contributed by atoms with E-state index in [0.29, 0.717) is 0 Å². The summed E-state index contributed by atoms with van der Waals surface area (Å²) in [7, 11) is 0. The molecule has 0 amide bonds. The first kappa shape index (κ1) is 10.5. The molecule has 0 aromatic heterocycles. The average molecular weight is 210 g/mol. The Hall–Kier alpha value is -2.02. The summed E-state index contributed by atoms with van der Waals surface area (Å²) in [6.07, 6.45) is 0. The lowest BCUT2D eigenvalue weighted by Gasteiger charge is -2.08. The maximum Gasteiger partial charge on any atom is 0.123 e. The third-order valence-electron chi connectivity index (χ3n) is 2.63. The van der Waals surface area contributed by atoms with Crippen molar-refractivity contribution in [3.8, 4) is 5.75 Å². The molecule has 0 radical (unpaired) electrons. The molecule has 0 atom stereocenters. The Kier molecular flexibility index (Phi) is 2.78. The highest BCUT2D eigenvalue weighted by Crippen LogP contribution is 2.28. The van der Waals surface area contributed by atoms with E-state index in [-0.39, 0.29) is 5.75 Å². The molecule has 0 aliphatic rings. The van der Waals surface area contributed by atoms with Gasteiger partial charge in [0.05, 0.1) is 0 Å². The first-order valence-corrected chi connectivity index (χ1v) is 5.23. The zero-order chi connectivity index (χ0) is 11.5. The molecule has 1 N–H and O–H groups in total. The lowest BCUT2D eigenvalue weighted by Crippen LogP contribution is -1.87. The van der Waals surface area contributed by atoms with Crippen molar-refractivity contribution in [2.24, 2.45) is 0 Å². The van der Waals surface area contributed by atoms with Gasteiger partial charge in [-0.05, 0) is 24.1 Å². The molecule has 0 aliphatic heterocycles. The molecular weight excluding hydrogens is 196 g/mol. The predicted octanol–water partition coefficient (Wildman–Crippen LogP) is 3.76. The Balaban J connectivity index is 2.40. The summed E-state index contributed by atoms with van der Waals surface area (Å²) < 4.78 is 0. The quantitative estimate of drug-likeness (QED) is 0.800. The third-order valence-corrected chi connectivity index (χ3v) is 2.63. The number of phenolic OH excluding ortho intramolecular Hbond substituents is 1. The summed E-state index contributed by atoms with van der Waals surface area (Å²) in [5.41, 5.74) is 3.88. The fourth-order valence-corrected chi connectivity index (χ4v) is 1.64. The van der Waals surface area contributed by atoms with Crippen molar-refractivity contribution in [3.63, 3.8) is 0 Å². The van der Waals surface area contributed by atoms with Gasteiger partial charge in [-0.1, -0.05) is 54.6 Å². The zero-order valence-electron chi connectivity index (χ0n) is 9.27. The molecule has 2 aromatic rings. The van der Waals surface area contributed by atoms with Gasteiger partial charge in [0, 0.05) is 5.56 Å². The number of benzene rings is 2. The van der Waals surface area contributed by atoms with Crippen LogP contribution in [0.2, 0.25) is 0 Å². The predicted molar refractivity (Wildman–Crippen MR) is 67.4 cm³/mol. The number of para-hydroxylation sites is 1. The molecule has 0 fully saturated rings. The Bertz CT molecular complexity index is 509. The molecule has 1 nitrogen and oxygen atoms in total. The van der Waals surface area contributed by atoms with E-state index in [9.17, 15) is 5.11 Å². The van der Waals surface area contributed by atoms with Gasteiger partial charge in [-0.15, -0.1) is 0 Å². The van der Waals surface area contributed by atoms with E-state index in [4.69, 9.17) is 0 Å². The monoisotopic (exact) mass is 210 g/mol. The van der Waals surface area contributed by atoms with Crippen molar-refractivity contribution in [1.29, 1.82) is 0 Å². The Morgan fingerprint density at radius 1 is 1.00 bits per heavy atom. The standard InChI is InChI=1S/C15H14O/c1-11-7-9-13(10-8-11)12(2)14-5-3-4-6-15(14)16/h3-10,16H,2H2,1H3. The number of aromatic hydroxyl groups is 1. The van der Waals surface area contributed by atoms with Gasteiger partial charge in [0.15, 0.2) is 0 Å². The van der Waals surface area contributed by atoms with Crippen LogP contribution in [0.5, 0.6) is 5.75 Å². The zero-order valence-corrected chi connectivity index (χ0v) is 9.27. The molecule has 0 saturated carbocycles. The van der Waals surface area contributed by atoms with Crippen LogP contribution < -0.4 is 0 Å². The number of phenols is 1. The second kappa shape index (κ2) is 4.23. The van der Waals surface area contributed by atoms with Crippen molar-refractivity contribution >= 4 is 5.57 Å². The molecular formula is C15H14O.